The Morgan fingerprint density at radius 3 is 1.68 bits per heavy atom. The van der Waals surface area contributed by atoms with Crippen LogP contribution in [0.3, 0.4) is 0 Å². The monoisotopic (exact) mass is 504 g/mol. The first-order chi connectivity index (χ1) is 17.9. The van der Waals surface area contributed by atoms with E-state index in [0.717, 1.165) is 6.92 Å². The molecule has 3 aromatic rings. The number of hydrogen-bond donors (Lipinski definition) is 0. The molecule has 1 fully saturated rings. The molecule has 9 nitrogen and oxygen atoms in total. The minimum Gasteiger partial charge on any atom is -0.452 e. The Morgan fingerprint density at radius 2 is 1.16 bits per heavy atom. The average Bonchev–Trinajstić information content (AvgIpc) is 3.19. The van der Waals surface area contributed by atoms with Crippen molar-refractivity contribution >= 4 is 23.9 Å². The van der Waals surface area contributed by atoms with E-state index in [1.807, 2.05) is 0 Å². The van der Waals surface area contributed by atoms with Gasteiger partial charge in [-0.25, -0.2) is 9.59 Å². The normalized spacial score (nSPS) is 20.5. The van der Waals surface area contributed by atoms with Gasteiger partial charge in [0.25, 0.3) is 0 Å². The van der Waals surface area contributed by atoms with E-state index in [9.17, 15) is 19.2 Å². The number of carbonyl (C=O) groups is 4. The highest BCUT2D eigenvalue weighted by molar-refractivity contribution is 5.90. The van der Waals surface area contributed by atoms with Crippen molar-refractivity contribution in [1.82, 2.24) is 0 Å². The van der Waals surface area contributed by atoms with E-state index in [4.69, 9.17) is 23.7 Å². The molecular formula is C28H24O9. The number of rotatable bonds is 8. The zero-order chi connectivity index (χ0) is 26.2. The van der Waals surface area contributed by atoms with Crippen LogP contribution < -0.4 is 4.74 Å². The van der Waals surface area contributed by atoms with Crippen LogP contribution in [0.15, 0.2) is 91.0 Å². The van der Waals surface area contributed by atoms with Gasteiger partial charge in [0, 0.05) is 6.92 Å². The summed E-state index contributed by atoms with van der Waals surface area (Å²) in [6.07, 6.45) is -5.57. The van der Waals surface area contributed by atoms with Crippen molar-refractivity contribution in [2.75, 3.05) is 0 Å². The number of para-hydroxylation sites is 1. The molecule has 1 aliphatic heterocycles. The Kier molecular flexibility index (Phi) is 8.27. The lowest BCUT2D eigenvalue weighted by molar-refractivity contribution is -0.186. The van der Waals surface area contributed by atoms with Gasteiger partial charge in [-0.1, -0.05) is 54.6 Å². The smallest absolute Gasteiger partial charge is 0.338 e. The summed E-state index contributed by atoms with van der Waals surface area (Å²) in [6, 6.07) is 24.6. The SMILES string of the molecule is CC(=O)O[C@@H]1O[C@H](CC(=O)Oc2ccccc2)[C@@H](OC(=O)c2ccccc2)[C@@H]1OC(=O)c1ccccc1. The number of hydrogen-bond acceptors (Lipinski definition) is 9. The first kappa shape index (κ1) is 25.6. The van der Waals surface area contributed by atoms with Crippen LogP contribution >= 0.6 is 0 Å². The lowest BCUT2D eigenvalue weighted by Gasteiger charge is -2.24. The van der Waals surface area contributed by atoms with Crippen LogP contribution in [0.1, 0.15) is 34.1 Å². The predicted octanol–water partition coefficient (Wildman–Crippen LogP) is 3.72. The molecule has 37 heavy (non-hydrogen) atoms. The molecule has 9 heteroatoms. The van der Waals surface area contributed by atoms with Crippen LogP contribution in [0, 0.1) is 0 Å². The Hall–Kier alpha value is -4.50. The summed E-state index contributed by atoms with van der Waals surface area (Å²) in [6.45, 7) is 1.15. The van der Waals surface area contributed by atoms with Crippen LogP contribution in [0.2, 0.25) is 0 Å². The van der Waals surface area contributed by atoms with Crippen molar-refractivity contribution in [3.05, 3.63) is 102 Å². The van der Waals surface area contributed by atoms with Gasteiger partial charge >= 0.3 is 23.9 Å². The molecule has 0 spiro atoms. The first-order valence-electron chi connectivity index (χ1n) is 11.5. The second kappa shape index (κ2) is 12.0. The molecule has 1 aliphatic rings. The molecule has 0 aliphatic carbocycles. The van der Waals surface area contributed by atoms with Crippen LogP contribution in [0.4, 0.5) is 0 Å². The van der Waals surface area contributed by atoms with Gasteiger partial charge in [-0.05, 0) is 36.4 Å². The van der Waals surface area contributed by atoms with Crippen molar-refractivity contribution in [3.8, 4) is 5.75 Å². The van der Waals surface area contributed by atoms with E-state index in [1.54, 1.807) is 91.0 Å². The highest BCUT2D eigenvalue weighted by atomic mass is 16.7. The summed E-state index contributed by atoms with van der Waals surface area (Å²) in [5.74, 6) is -2.58. The van der Waals surface area contributed by atoms with Gasteiger partial charge in [0.05, 0.1) is 17.5 Å². The summed E-state index contributed by atoms with van der Waals surface area (Å²) in [4.78, 5) is 50.2. The second-order valence-corrected chi connectivity index (χ2v) is 8.12. The molecule has 4 rings (SSSR count). The molecule has 0 N–H and O–H groups in total. The lowest BCUT2D eigenvalue weighted by atomic mass is 10.1. The van der Waals surface area contributed by atoms with E-state index in [1.165, 1.54) is 0 Å². The zero-order valence-corrected chi connectivity index (χ0v) is 19.9. The number of carbonyl (C=O) groups excluding carboxylic acids is 4. The Balaban J connectivity index is 1.59. The highest BCUT2D eigenvalue weighted by Gasteiger charge is 2.52. The van der Waals surface area contributed by atoms with Gasteiger partial charge in [-0.15, -0.1) is 0 Å². The molecular weight excluding hydrogens is 480 g/mol. The molecule has 190 valence electrons. The van der Waals surface area contributed by atoms with E-state index in [0.29, 0.717) is 5.75 Å². The van der Waals surface area contributed by atoms with E-state index in [2.05, 4.69) is 0 Å². The van der Waals surface area contributed by atoms with Gasteiger partial charge < -0.3 is 23.7 Å². The molecule has 0 bridgehead atoms. The summed E-state index contributed by atoms with van der Waals surface area (Å²) >= 11 is 0. The predicted molar refractivity (Wildman–Crippen MR) is 128 cm³/mol. The first-order valence-corrected chi connectivity index (χ1v) is 11.5. The topological polar surface area (TPSA) is 114 Å². The van der Waals surface area contributed by atoms with Crippen molar-refractivity contribution in [2.45, 2.75) is 37.9 Å². The molecule has 0 radical (unpaired) electrons. The fraction of sp³-hybridized carbons (Fsp3) is 0.214. The lowest BCUT2D eigenvalue weighted by Crippen LogP contribution is -2.42. The van der Waals surface area contributed by atoms with Crippen molar-refractivity contribution in [1.29, 1.82) is 0 Å². The van der Waals surface area contributed by atoms with Gasteiger partial charge in [-0.3, -0.25) is 9.59 Å². The van der Waals surface area contributed by atoms with Gasteiger partial charge in [0.1, 0.15) is 11.9 Å². The Bertz CT molecular complexity index is 1230. The number of esters is 4. The summed E-state index contributed by atoms with van der Waals surface area (Å²) in [5, 5.41) is 0. The van der Waals surface area contributed by atoms with E-state index >= 15 is 0 Å². The molecule has 0 saturated carbocycles. The standard InChI is InChI=1S/C28H24O9/c1-18(29)33-28-25(37-27(32)20-13-7-3-8-14-20)24(36-26(31)19-11-5-2-6-12-19)22(35-28)17-23(30)34-21-15-9-4-10-16-21/h2-16,22,24-25,28H,17H2,1H3/t22-,24-,25+,28-/m1/s1. The second-order valence-electron chi connectivity index (χ2n) is 8.12. The highest BCUT2D eigenvalue weighted by Crippen LogP contribution is 2.31. The summed E-state index contributed by atoms with van der Waals surface area (Å²) < 4.78 is 27.7. The summed E-state index contributed by atoms with van der Waals surface area (Å²) in [5.41, 5.74) is 0.460. The van der Waals surface area contributed by atoms with Crippen molar-refractivity contribution < 1.29 is 42.9 Å². The van der Waals surface area contributed by atoms with E-state index < -0.39 is 48.5 Å². The average molecular weight is 504 g/mol. The maximum atomic E-state index is 12.9. The zero-order valence-electron chi connectivity index (χ0n) is 19.9. The quantitative estimate of drug-likeness (QED) is 0.257. The number of ether oxygens (including phenoxy) is 5. The fourth-order valence-electron chi connectivity index (χ4n) is 3.74. The third kappa shape index (κ3) is 6.80. The molecule has 0 unspecified atom stereocenters. The molecule has 0 amide bonds. The third-order valence-electron chi connectivity index (χ3n) is 5.40. The van der Waals surface area contributed by atoms with Crippen LogP contribution in [-0.2, 0) is 28.5 Å². The molecule has 1 saturated heterocycles. The maximum Gasteiger partial charge on any atom is 0.338 e. The molecule has 0 aromatic heterocycles. The minimum absolute atomic E-state index is 0.226. The van der Waals surface area contributed by atoms with Crippen molar-refractivity contribution in [3.63, 3.8) is 0 Å². The van der Waals surface area contributed by atoms with Crippen LogP contribution in [0.5, 0.6) is 5.75 Å². The summed E-state index contributed by atoms with van der Waals surface area (Å²) in [7, 11) is 0. The van der Waals surface area contributed by atoms with Crippen LogP contribution in [0.25, 0.3) is 0 Å². The van der Waals surface area contributed by atoms with Gasteiger partial charge in [-0.2, -0.15) is 0 Å². The number of benzene rings is 3. The Morgan fingerprint density at radius 1 is 0.676 bits per heavy atom. The van der Waals surface area contributed by atoms with Gasteiger partial charge in [0.2, 0.25) is 12.4 Å². The van der Waals surface area contributed by atoms with Gasteiger partial charge in [0.15, 0.2) is 6.10 Å². The van der Waals surface area contributed by atoms with Crippen molar-refractivity contribution in [2.24, 2.45) is 0 Å². The molecule has 4 atom stereocenters. The Labute approximate surface area is 212 Å². The third-order valence-corrected chi connectivity index (χ3v) is 5.40. The minimum atomic E-state index is -1.42. The molecule has 1 heterocycles. The molecule has 3 aromatic carbocycles. The van der Waals surface area contributed by atoms with E-state index in [-0.39, 0.29) is 17.5 Å². The van der Waals surface area contributed by atoms with Crippen LogP contribution in [-0.4, -0.2) is 48.5 Å². The maximum absolute atomic E-state index is 12.9. The fourth-order valence-corrected chi connectivity index (χ4v) is 3.74. The largest absolute Gasteiger partial charge is 0.452 e.